The van der Waals surface area contributed by atoms with Gasteiger partial charge in [-0.05, 0) is 42.3 Å². The molecule has 3 rings (SSSR count). The van der Waals surface area contributed by atoms with Gasteiger partial charge in [-0.2, -0.15) is 19.1 Å². The minimum atomic E-state index is -3.52. The van der Waals surface area contributed by atoms with Crippen LogP contribution in [0.1, 0.15) is 31.0 Å². The molecule has 2 aromatic carbocycles. The van der Waals surface area contributed by atoms with Crippen LogP contribution in [0.25, 0.3) is 11.1 Å². The van der Waals surface area contributed by atoms with Crippen LogP contribution in [0.4, 0.5) is 14.5 Å². The molecule has 0 aliphatic rings. The number of anilines is 1. The summed E-state index contributed by atoms with van der Waals surface area (Å²) in [5.41, 5.74) is 3.45. The van der Waals surface area contributed by atoms with Gasteiger partial charge in [0.2, 0.25) is 0 Å². The molecule has 8 nitrogen and oxygen atoms in total. The summed E-state index contributed by atoms with van der Waals surface area (Å²) in [4.78, 5) is 12.0. The Morgan fingerprint density at radius 3 is 2.60 bits per heavy atom. The van der Waals surface area contributed by atoms with Crippen molar-refractivity contribution in [1.82, 2.24) is 15.1 Å². The summed E-state index contributed by atoms with van der Waals surface area (Å²) in [6.45, 7) is 2.31. The number of nitriles is 1. The van der Waals surface area contributed by atoms with Gasteiger partial charge in [0.1, 0.15) is 12.3 Å². The van der Waals surface area contributed by atoms with E-state index in [4.69, 9.17) is 15.4 Å². The summed E-state index contributed by atoms with van der Waals surface area (Å²) in [5, 5.41) is 26.6. The van der Waals surface area contributed by atoms with E-state index >= 15 is 0 Å². The minimum Gasteiger partial charge on any atom is -0.497 e. The number of halogens is 2. The number of alkyl halides is 2. The summed E-state index contributed by atoms with van der Waals surface area (Å²) in [5.74, 6) is -4.26. The Bertz CT molecular complexity index is 1230. The zero-order chi connectivity index (χ0) is 25.6. The van der Waals surface area contributed by atoms with Gasteiger partial charge in [-0.15, -0.1) is 0 Å². The Hall–Kier alpha value is -4.26. The number of amides is 1. The second kappa shape index (κ2) is 10.8. The van der Waals surface area contributed by atoms with Gasteiger partial charge in [-0.1, -0.05) is 18.2 Å². The molecule has 3 N–H and O–H groups in total. The van der Waals surface area contributed by atoms with E-state index in [1.54, 1.807) is 62.8 Å². The van der Waals surface area contributed by atoms with Crippen molar-refractivity contribution in [2.75, 3.05) is 12.4 Å². The number of hydrogen-bond acceptors (Lipinski definition) is 6. The highest BCUT2D eigenvalue weighted by Gasteiger charge is 2.34. The molecular weight excluding hydrogens is 454 g/mol. The molecule has 0 spiro atoms. The molecule has 2 atom stereocenters. The SMILES string of the molecule is COc1ccc([C@@H](Nc2ccc(-c3cnn(CC#N)c3)cc2C=N)[C@H](C)NC(=O)C(C)(F)F)cc1. The minimum absolute atomic E-state index is 0.126. The van der Waals surface area contributed by atoms with Crippen molar-refractivity contribution in [2.45, 2.75) is 38.4 Å². The van der Waals surface area contributed by atoms with E-state index in [1.807, 2.05) is 12.1 Å². The lowest BCUT2D eigenvalue weighted by molar-refractivity contribution is -0.143. The number of ether oxygens (including phenoxy) is 1. The monoisotopic (exact) mass is 480 g/mol. The van der Waals surface area contributed by atoms with Crippen molar-refractivity contribution in [1.29, 1.82) is 10.7 Å². The lowest BCUT2D eigenvalue weighted by Gasteiger charge is -2.29. The fourth-order valence-electron chi connectivity index (χ4n) is 3.56. The summed E-state index contributed by atoms with van der Waals surface area (Å²) in [6, 6.07) is 13.2. The third kappa shape index (κ3) is 6.20. The number of aromatic nitrogens is 2. The number of rotatable bonds is 10. The zero-order valence-electron chi connectivity index (χ0n) is 19.5. The lowest BCUT2D eigenvalue weighted by Crippen LogP contribution is -2.46. The van der Waals surface area contributed by atoms with Gasteiger partial charge in [-0.25, -0.2) is 0 Å². The predicted molar refractivity (Wildman–Crippen MR) is 129 cm³/mol. The van der Waals surface area contributed by atoms with Gasteiger partial charge in [0, 0.05) is 36.1 Å². The Kier molecular flexibility index (Phi) is 7.81. The number of carbonyl (C=O) groups excluding carboxylic acids is 1. The highest BCUT2D eigenvalue weighted by atomic mass is 19.3. The molecule has 0 aliphatic heterocycles. The maximum absolute atomic E-state index is 13.5. The van der Waals surface area contributed by atoms with E-state index in [9.17, 15) is 13.6 Å². The Morgan fingerprint density at radius 2 is 2.00 bits per heavy atom. The number of methoxy groups -OCH3 is 1. The summed E-state index contributed by atoms with van der Waals surface area (Å²) in [6.07, 6.45) is 4.55. The van der Waals surface area contributed by atoms with Crippen LogP contribution in [-0.2, 0) is 11.3 Å². The van der Waals surface area contributed by atoms with Crippen molar-refractivity contribution in [2.24, 2.45) is 0 Å². The van der Waals surface area contributed by atoms with Crippen molar-refractivity contribution >= 4 is 17.8 Å². The smallest absolute Gasteiger partial charge is 0.321 e. The largest absolute Gasteiger partial charge is 0.497 e. The van der Waals surface area contributed by atoms with E-state index < -0.39 is 23.9 Å². The second-order valence-electron chi connectivity index (χ2n) is 8.08. The van der Waals surface area contributed by atoms with Crippen molar-refractivity contribution in [3.8, 4) is 22.9 Å². The molecule has 0 bridgehead atoms. The standard InChI is InChI=1S/C25H26F2N6O2/c1-16(31-24(34)25(2,26)27)23(17-4-7-21(35-3)8-5-17)32-22-9-6-18(12-19(22)13-29)20-14-30-33(15-20)11-10-28/h4-9,12-16,23,29,32H,11H2,1-3H3,(H,31,34)/t16-,23-/m0/s1. The Labute approximate surface area is 202 Å². The molecule has 0 unspecified atom stereocenters. The molecule has 0 fully saturated rings. The molecule has 3 aromatic rings. The number of nitrogens with one attached hydrogen (secondary N) is 3. The van der Waals surface area contributed by atoms with Gasteiger partial charge >= 0.3 is 5.92 Å². The Morgan fingerprint density at radius 1 is 1.29 bits per heavy atom. The topological polar surface area (TPSA) is 116 Å². The molecule has 1 amide bonds. The quantitative estimate of drug-likeness (QED) is 0.372. The summed E-state index contributed by atoms with van der Waals surface area (Å²) >= 11 is 0. The van der Waals surface area contributed by atoms with Gasteiger partial charge in [0.05, 0.1) is 31.5 Å². The van der Waals surface area contributed by atoms with E-state index in [2.05, 4.69) is 15.7 Å². The summed E-state index contributed by atoms with van der Waals surface area (Å²) in [7, 11) is 1.54. The molecule has 1 heterocycles. The highest BCUT2D eigenvalue weighted by Crippen LogP contribution is 2.30. The molecule has 0 saturated carbocycles. The van der Waals surface area contributed by atoms with Gasteiger partial charge in [-0.3, -0.25) is 9.48 Å². The maximum atomic E-state index is 13.5. The van der Waals surface area contributed by atoms with Crippen LogP contribution in [0.15, 0.2) is 54.9 Å². The first-order valence-corrected chi connectivity index (χ1v) is 10.8. The molecule has 35 heavy (non-hydrogen) atoms. The third-order valence-corrected chi connectivity index (χ3v) is 5.45. The number of nitrogens with zero attached hydrogens (tertiary/aromatic N) is 3. The van der Waals surface area contributed by atoms with Crippen molar-refractivity contribution in [3.63, 3.8) is 0 Å². The average Bonchev–Trinajstić information content (AvgIpc) is 3.31. The van der Waals surface area contributed by atoms with Crippen molar-refractivity contribution in [3.05, 3.63) is 66.0 Å². The first kappa shape index (κ1) is 25.4. The fraction of sp³-hybridized carbons (Fsp3) is 0.280. The van der Waals surface area contributed by atoms with Crippen LogP contribution in [-0.4, -0.2) is 41.0 Å². The van der Waals surface area contributed by atoms with E-state index in [0.717, 1.165) is 16.7 Å². The molecule has 0 aliphatic carbocycles. The zero-order valence-corrected chi connectivity index (χ0v) is 19.5. The maximum Gasteiger partial charge on any atom is 0.321 e. The van der Waals surface area contributed by atoms with E-state index in [1.165, 1.54) is 10.9 Å². The van der Waals surface area contributed by atoms with Gasteiger partial charge in [0.15, 0.2) is 0 Å². The Balaban J connectivity index is 1.93. The van der Waals surface area contributed by atoms with Crippen LogP contribution in [0, 0.1) is 16.7 Å². The summed E-state index contributed by atoms with van der Waals surface area (Å²) < 4.78 is 33.8. The van der Waals surface area contributed by atoms with E-state index in [0.29, 0.717) is 23.9 Å². The van der Waals surface area contributed by atoms with Crippen LogP contribution in [0.3, 0.4) is 0 Å². The van der Waals surface area contributed by atoms with Gasteiger partial charge < -0.3 is 20.8 Å². The molecule has 10 heteroatoms. The third-order valence-electron chi connectivity index (χ3n) is 5.45. The van der Waals surface area contributed by atoms with Crippen molar-refractivity contribution < 1.29 is 18.3 Å². The van der Waals surface area contributed by atoms with E-state index in [-0.39, 0.29) is 6.54 Å². The van der Waals surface area contributed by atoms with Crippen LogP contribution in [0.5, 0.6) is 5.75 Å². The van der Waals surface area contributed by atoms with Gasteiger partial charge in [0.25, 0.3) is 5.91 Å². The molecule has 0 radical (unpaired) electrons. The normalized spacial score (nSPS) is 12.8. The molecule has 0 saturated heterocycles. The molecule has 1 aromatic heterocycles. The number of carbonyl (C=O) groups is 1. The van der Waals surface area contributed by atoms with Crippen LogP contribution < -0.4 is 15.4 Å². The van der Waals surface area contributed by atoms with Crippen LogP contribution >= 0.6 is 0 Å². The number of hydrogen-bond donors (Lipinski definition) is 3. The average molecular weight is 481 g/mol. The molecular formula is C25H26F2N6O2. The first-order valence-electron chi connectivity index (χ1n) is 10.8. The predicted octanol–water partition coefficient (Wildman–Crippen LogP) is 4.39. The lowest BCUT2D eigenvalue weighted by atomic mass is 9.98. The first-order chi connectivity index (χ1) is 16.7. The molecule has 182 valence electrons. The second-order valence-corrected chi connectivity index (χ2v) is 8.08. The fourth-order valence-corrected chi connectivity index (χ4v) is 3.56. The number of benzene rings is 2. The highest BCUT2D eigenvalue weighted by molar-refractivity contribution is 5.89. The van der Waals surface area contributed by atoms with Crippen LogP contribution in [0.2, 0.25) is 0 Å².